The van der Waals surface area contributed by atoms with Crippen molar-refractivity contribution in [1.82, 2.24) is 9.97 Å². The molecule has 1 aliphatic rings. The molecular weight excluding hydrogens is 661 g/mol. The number of hydrogen-bond donors (Lipinski definition) is 0. The maximum atomic E-state index is 4.70. The van der Waals surface area contributed by atoms with E-state index in [9.17, 15) is 0 Å². The fourth-order valence-electron chi connectivity index (χ4n) is 4.98. The van der Waals surface area contributed by atoms with Crippen LogP contribution in [0.3, 0.4) is 0 Å². The van der Waals surface area contributed by atoms with Gasteiger partial charge in [0.05, 0.1) is 0 Å². The third-order valence-corrected chi connectivity index (χ3v) is 7.76. The van der Waals surface area contributed by atoms with Crippen molar-refractivity contribution in [2.24, 2.45) is 0 Å². The Morgan fingerprint density at radius 1 is 0.579 bits per heavy atom. The van der Waals surface area contributed by atoms with Crippen LogP contribution in [0, 0.1) is 12.1 Å². The molecule has 1 aliphatic heterocycles. The van der Waals surface area contributed by atoms with Gasteiger partial charge in [-0.15, -0.1) is 77.5 Å². The second kappa shape index (κ2) is 10.5. The van der Waals surface area contributed by atoms with Crippen LogP contribution in [0.15, 0.2) is 131 Å². The molecule has 183 valence electrons. The Morgan fingerprint density at radius 2 is 1.45 bits per heavy atom. The first-order valence-electron chi connectivity index (χ1n) is 12.2. The van der Waals surface area contributed by atoms with Crippen molar-refractivity contribution in [1.29, 1.82) is 0 Å². The van der Waals surface area contributed by atoms with Crippen LogP contribution in [0.5, 0.6) is 0 Å². The Labute approximate surface area is 239 Å². The molecule has 4 heteroatoms. The predicted molar refractivity (Wildman–Crippen MR) is 154 cm³/mol. The molecule has 0 unspecified atom stereocenters. The van der Waals surface area contributed by atoms with Gasteiger partial charge in [0.15, 0.2) is 0 Å². The smallest absolute Gasteiger partial charge is 0.0167 e. The zero-order valence-electron chi connectivity index (χ0n) is 20.2. The zero-order valence-corrected chi connectivity index (χ0v) is 23.4. The fraction of sp³-hybridized carbons (Fsp3) is 0. The van der Waals surface area contributed by atoms with E-state index >= 15 is 0 Å². The van der Waals surface area contributed by atoms with Gasteiger partial charge in [-0.1, -0.05) is 53.4 Å². The standard InChI is InChI=1S/C23H12NS.C11H8N.Ir/c1-2-6-15-14(5-1)9-10-16-17-11-12-24-23-18-7-3-4-8-20(18)25-21(22(17)23)13-19(15)16;1-2-6-10(7-3-1)11-8-4-5-9-12-11;/h1-6,8-13H;1-6,8-9H;/q2*-1;. The molecule has 0 bridgehead atoms. The average Bonchev–Trinajstić information content (AvgIpc) is 2.98. The molecule has 0 aliphatic carbocycles. The monoisotopic (exact) mass is 681 g/mol. The Bertz CT molecular complexity index is 1870. The van der Waals surface area contributed by atoms with Crippen molar-refractivity contribution in [3.8, 4) is 22.5 Å². The second-order valence-corrected chi connectivity index (χ2v) is 9.93. The number of hydrogen-bond acceptors (Lipinski definition) is 3. The maximum Gasteiger partial charge on any atom is 0.0167 e. The van der Waals surface area contributed by atoms with Crippen LogP contribution in [0.2, 0.25) is 0 Å². The van der Waals surface area contributed by atoms with Crippen molar-refractivity contribution in [3.63, 3.8) is 0 Å². The van der Waals surface area contributed by atoms with Crippen LogP contribution >= 0.6 is 11.8 Å². The summed E-state index contributed by atoms with van der Waals surface area (Å²) in [5.74, 6) is 0. The summed E-state index contributed by atoms with van der Waals surface area (Å²) >= 11 is 1.83. The minimum atomic E-state index is 0. The van der Waals surface area contributed by atoms with E-state index < -0.39 is 0 Å². The third kappa shape index (κ3) is 4.31. The van der Waals surface area contributed by atoms with E-state index in [0.717, 1.165) is 22.5 Å². The molecule has 0 N–H and O–H groups in total. The maximum absolute atomic E-state index is 4.70. The summed E-state index contributed by atoms with van der Waals surface area (Å²) in [5.41, 5.74) is 4.18. The third-order valence-electron chi connectivity index (χ3n) is 6.66. The number of aromatic nitrogens is 2. The van der Waals surface area contributed by atoms with Gasteiger partial charge in [0.1, 0.15) is 0 Å². The molecule has 38 heavy (non-hydrogen) atoms. The summed E-state index contributed by atoms with van der Waals surface area (Å²) in [4.78, 5) is 11.4. The van der Waals surface area contributed by atoms with E-state index in [1.54, 1.807) is 6.20 Å². The van der Waals surface area contributed by atoms with Gasteiger partial charge in [0.2, 0.25) is 0 Å². The number of nitrogens with zero attached hydrogens (tertiary/aromatic N) is 2. The van der Waals surface area contributed by atoms with Crippen LogP contribution in [0.4, 0.5) is 0 Å². The van der Waals surface area contributed by atoms with Gasteiger partial charge >= 0.3 is 0 Å². The van der Waals surface area contributed by atoms with E-state index in [2.05, 4.69) is 71.7 Å². The van der Waals surface area contributed by atoms with Crippen LogP contribution in [0.1, 0.15) is 0 Å². The van der Waals surface area contributed by atoms with E-state index in [1.807, 2.05) is 72.6 Å². The minimum absolute atomic E-state index is 0. The quantitative estimate of drug-likeness (QED) is 0.128. The summed E-state index contributed by atoms with van der Waals surface area (Å²) in [6.07, 6.45) is 3.72. The predicted octanol–water partition coefficient (Wildman–Crippen LogP) is 9.02. The summed E-state index contributed by atoms with van der Waals surface area (Å²) in [6.45, 7) is 0. The number of rotatable bonds is 1. The molecule has 1 radical (unpaired) electrons. The molecule has 0 saturated heterocycles. The van der Waals surface area contributed by atoms with Crippen LogP contribution < -0.4 is 0 Å². The van der Waals surface area contributed by atoms with E-state index in [1.165, 1.54) is 42.1 Å². The molecule has 3 heterocycles. The first-order chi connectivity index (χ1) is 18.4. The molecule has 0 atom stereocenters. The molecule has 0 spiro atoms. The van der Waals surface area contributed by atoms with Gasteiger partial charge in [-0.2, -0.15) is 0 Å². The van der Waals surface area contributed by atoms with Gasteiger partial charge in [-0.3, -0.25) is 0 Å². The fourth-order valence-corrected chi connectivity index (χ4v) is 6.11. The van der Waals surface area contributed by atoms with Crippen molar-refractivity contribution >= 4 is 44.1 Å². The molecule has 0 fully saturated rings. The van der Waals surface area contributed by atoms with Crippen molar-refractivity contribution in [3.05, 3.63) is 134 Å². The van der Waals surface area contributed by atoms with Crippen LogP contribution in [0.25, 0.3) is 54.8 Å². The van der Waals surface area contributed by atoms with Crippen LogP contribution in [-0.2, 0) is 20.1 Å². The molecule has 5 aromatic carbocycles. The molecular formula is C34H20IrN2S-2. The zero-order chi connectivity index (χ0) is 24.6. The number of pyridine rings is 2. The summed E-state index contributed by atoms with van der Waals surface area (Å²) in [7, 11) is 0. The molecule has 0 saturated carbocycles. The van der Waals surface area contributed by atoms with Gasteiger partial charge in [0, 0.05) is 37.4 Å². The Morgan fingerprint density at radius 3 is 2.32 bits per heavy atom. The van der Waals surface area contributed by atoms with Crippen molar-refractivity contribution in [2.75, 3.05) is 0 Å². The number of benzene rings is 5. The van der Waals surface area contributed by atoms with Gasteiger partial charge in [-0.25, -0.2) is 0 Å². The Balaban J connectivity index is 0.000000172. The topological polar surface area (TPSA) is 25.8 Å². The first kappa shape index (κ1) is 24.5. The van der Waals surface area contributed by atoms with E-state index in [0.29, 0.717) is 0 Å². The number of fused-ring (bicyclic) bond motifs is 6. The van der Waals surface area contributed by atoms with Crippen LogP contribution in [-0.4, -0.2) is 9.97 Å². The molecule has 7 aromatic rings. The Hall–Kier alpha value is -3.82. The SMILES string of the molecule is [Ir].[c-]1cccc2c1-c1nccc3c1c(cc1c4ccccc4ccc31)S2.[c-]1ccccc1-c1ccccn1. The van der Waals surface area contributed by atoms with E-state index in [4.69, 9.17) is 4.98 Å². The van der Waals surface area contributed by atoms with Crippen molar-refractivity contribution < 1.29 is 20.1 Å². The largest absolute Gasteiger partial charge is 0.305 e. The summed E-state index contributed by atoms with van der Waals surface area (Å²) < 4.78 is 0. The molecule has 8 rings (SSSR count). The average molecular weight is 681 g/mol. The normalized spacial score (nSPS) is 11.4. The molecule has 2 nitrogen and oxygen atoms in total. The molecule has 0 amide bonds. The van der Waals surface area contributed by atoms with E-state index in [-0.39, 0.29) is 20.1 Å². The van der Waals surface area contributed by atoms with Gasteiger partial charge in [0.25, 0.3) is 0 Å². The van der Waals surface area contributed by atoms with Gasteiger partial charge < -0.3 is 9.97 Å². The summed E-state index contributed by atoms with van der Waals surface area (Å²) in [5, 5.41) is 7.73. The van der Waals surface area contributed by atoms with Crippen molar-refractivity contribution in [2.45, 2.75) is 9.79 Å². The first-order valence-corrected chi connectivity index (χ1v) is 13.0. The molecule has 2 aromatic heterocycles. The van der Waals surface area contributed by atoms with Gasteiger partial charge in [-0.05, 0) is 61.9 Å². The Kier molecular flexibility index (Phi) is 6.78. The second-order valence-electron chi connectivity index (χ2n) is 8.84. The summed E-state index contributed by atoms with van der Waals surface area (Å²) in [6, 6.07) is 43.9. The minimum Gasteiger partial charge on any atom is -0.305 e.